The van der Waals surface area contributed by atoms with E-state index in [-0.39, 0.29) is 12.1 Å². The van der Waals surface area contributed by atoms with Crippen molar-refractivity contribution in [1.82, 2.24) is 10.5 Å². The molecule has 0 spiro atoms. The summed E-state index contributed by atoms with van der Waals surface area (Å²) >= 11 is 6.19. The van der Waals surface area contributed by atoms with Crippen LogP contribution in [0.5, 0.6) is 0 Å². The summed E-state index contributed by atoms with van der Waals surface area (Å²) in [5.74, 6) is -1.57. The number of amides is 1. The number of carboxylic acids is 1. The molecule has 1 amide bonds. The van der Waals surface area contributed by atoms with Gasteiger partial charge in [-0.25, -0.2) is 4.79 Å². The summed E-state index contributed by atoms with van der Waals surface area (Å²) in [6, 6.07) is 25.5. The first kappa shape index (κ1) is 24.2. The predicted octanol–water partition coefficient (Wildman–Crippen LogP) is 4.84. The average molecular weight is 491 g/mol. The predicted molar refractivity (Wildman–Crippen MR) is 132 cm³/mol. The van der Waals surface area contributed by atoms with Crippen molar-refractivity contribution in [3.05, 3.63) is 101 Å². The molecule has 178 valence electrons. The topological polar surface area (TPSA) is 113 Å². The summed E-state index contributed by atoms with van der Waals surface area (Å²) in [5, 5.41) is 26.2. The number of benzene rings is 3. The number of hydrogen-bond acceptors (Lipinski definition) is 5. The molecule has 4 aromatic rings. The van der Waals surface area contributed by atoms with Gasteiger partial charge in [0.1, 0.15) is 0 Å². The van der Waals surface area contributed by atoms with E-state index in [9.17, 15) is 14.7 Å². The lowest BCUT2D eigenvalue weighted by Crippen LogP contribution is -2.40. The number of hydrogen-bond donors (Lipinski definition) is 3. The Morgan fingerprint density at radius 3 is 2.29 bits per heavy atom. The molecule has 0 aliphatic heterocycles. The fourth-order valence-corrected chi connectivity index (χ4v) is 3.97. The fraction of sp³-hybridized carbons (Fsp3) is 0.148. The van der Waals surface area contributed by atoms with Crippen molar-refractivity contribution in [2.45, 2.75) is 25.0 Å². The highest BCUT2D eigenvalue weighted by molar-refractivity contribution is 6.33. The Balaban J connectivity index is 1.49. The van der Waals surface area contributed by atoms with Gasteiger partial charge in [0, 0.05) is 24.1 Å². The highest BCUT2D eigenvalue weighted by Crippen LogP contribution is 2.28. The molecule has 0 fully saturated rings. The number of carbonyl (C=O) groups excluding carboxylic acids is 1. The zero-order valence-corrected chi connectivity index (χ0v) is 19.4. The van der Waals surface area contributed by atoms with Gasteiger partial charge in [-0.3, -0.25) is 4.79 Å². The van der Waals surface area contributed by atoms with Gasteiger partial charge in [0.2, 0.25) is 0 Å². The van der Waals surface area contributed by atoms with Crippen molar-refractivity contribution in [2.75, 3.05) is 0 Å². The molecule has 8 heteroatoms. The molecular weight excluding hydrogens is 468 g/mol. The summed E-state index contributed by atoms with van der Waals surface area (Å²) in [6.07, 6.45) is -1.48. The van der Waals surface area contributed by atoms with Crippen LogP contribution in [0.2, 0.25) is 5.02 Å². The van der Waals surface area contributed by atoms with Crippen molar-refractivity contribution >= 4 is 23.5 Å². The molecular formula is C27H23ClN2O5. The highest BCUT2D eigenvalue weighted by atomic mass is 35.5. The van der Waals surface area contributed by atoms with Gasteiger partial charge in [0.15, 0.2) is 17.6 Å². The van der Waals surface area contributed by atoms with Crippen molar-refractivity contribution in [1.29, 1.82) is 0 Å². The third-order valence-corrected chi connectivity index (χ3v) is 5.88. The van der Waals surface area contributed by atoms with E-state index in [1.54, 1.807) is 24.3 Å². The second-order valence-corrected chi connectivity index (χ2v) is 8.49. The third kappa shape index (κ3) is 6.15. The first-order valence-corrected chi connectivity index (χ1v) is 11.4. The van der Waals surface area contributed by atoms with Crippen LogP contribution in [0.3, 0.4) is 0 Å². The Morgan fingerprint density at radius 2 is 1.60 bits per heavy atom. The van der Waals surface area contributed by atoms with Gasteiger partial charge in [0.25, 0.3) is 5.91 Å². The van der Waals surface area contributed by atoms with Crippen molar-refractivity contribution in [2.24, 2.45) is 0 Å². The molecule has 0 saturated carbocycles. The minimum absolute atomic E-state index is 0.0224. The van der Waals surface area contributed by atoms with Crippen LogP contribution in [0.1, 0.15) is 22.5 Å². The Hall–Kier alpha value is -3.94. The van der Waals surface area contributed by atoms with Crippen molar-refractivity contribution < 1.29 is 24.3 Å². The Bertz CT molecular complexity index is 1300. The van der Waals surface area contributed by atoms with Gasteiger partial charge in [-0.2, -0.15) is 0 Å². The molecule has 3 aromatic carbocycles. The van der Waals surface area contributed by atoms with Crippen LogP contribution in [0, 0.1) is 0 Å². The third-order valence-electron chi connectivity index (χ3n) is 5.55. The molecule has 1 heterocycles. The van der Waals surface area contributed by atoms with Crippen LogP contribution >= 0.6 is 11.6 Å². The number of aliphatic carboxylic acids is 1. The summed E-state index contributed by atoms with van der Waals surface area (Å²) in [6.45, 7) is 0. The van der Waals surface area contributed by atoms with Gasteiger partial charge in [-0.05, 0) is 35.2 Å². The van der Waals surface area contributed by atoms with Crippen LogP contribution in [0.4, 0.5) is 0 Å². The normalized spacial score (nSPS) is 12.6. The molecule has 0 radical (unpaired) electrons. The second kappa shape index (κ2) is 11.0. The largest absolute Gasteiger partial charge is 0.479 e. The molecule has 7 nitrogen and oxygen atoms in total. The van der Waals surface area contributed by atoms with Gasteiger partial charge in [-0.1, -0.05) is 83.5 Å². The lowest BCUT2D eigenvalue weighted by Gasteiger charge is -2.20. The summed E-state index contributed by atoms with van der Waals surface area (Å²) in [5.41, 5.74) is 3.61. The quantitative estimate of drug-likeness (QED) is 0.309. The number of aliphatic hydroxyl groups excluding tert-OH is 1. The van der Waals surface area contributed by atoms with Gasteiger partial charge in [-0.15, -0.1) is 0 Å². The molecule has 3 N–H and O–H groups in total. The van der Waals surface area contributed by atoms with Crippen LogP contribution < -0.4 is 5.32 Å². The monoisotopic (exact) mass is 490 g/mol. The maximum absolute atomic E-state index is 12.9. The Labute approximate surface area is 207 Å². The zero-order chi connectivity index (χ0) is 24.8. The van der Waals surface area contributed by atoms with Crippen LogP contribution in [0.25, 0.3) is 22.5 Å². The number of carbonyl (C=O) groups is 2. The van der Waals surface area contributed by atoms with E-state index in [0.29, 0.717) is 22.8 Å². The van der Waals surface area contributed by atoms with E-state index in [1.807, 2.05) is 54.6 Å². The van der Waals surface area contributed by atoms with E-state index in [2.05, 4.69) is 10.5 Å². The van der Waals surface area contributed by atoms with Crippen molar-refractivity contribution in [3.63, 3.8) is 0 Å². The molecule has 0 bridgehead atoms. The first-order chi connectivity index (χ1) is 16.9. The smallest absolute Gasteiger partial charge is 0.332 e. The van der Waals surface area contributed by atoms with Crippen LogP contribution in [0.15, 0.2) is 89.5 Å². The maximum Gasteiger partial charge on any atom is 0.332 e. The minimum atomic E-state index is -1.63. The highest BCUT2D eigenvalue weighted by Gasteiger charge is 2.24. The summed E-state index contributed by atoms with van der Waals surface area (Å²) in [7, 11) is 0. The SMILES string of the molecule is O=C(N[C@H](Cc1ccc(-c2ccccc2)cc1)C[C@@H](O)C(=O)O)c1cc(-c2ccccc2Cl)on1. The molecule has 0 aliphatic carbocycles. The van der Waals surface area contributed by atoms with E-state index >= 15 is 0 Å². The number of nitrogens with one attached hydrogen (secondary N) is 1. The number of aromatic nitrogens is 1. The second-order valence-electron chi connectivity index (χ2n) is 8.08. The number of carboxylic acid groups (broad SMARTS) is 1. The Kier molecular flexibility index (Phi) is 7.60. The average Bonchev–Trinajstić information content (AvgIpc) is 3.35. The zero-order valence-electron chi connectivity index (χ0n) is 18.6. The van der Waals surface area contributed by atoms with Crippen LogP contribution in [-0.2, 0) is 11.2 Å². The lowest BCUT2D eigenvalue weighted by atomic mass is 9.97. The van der Waals surface area contributed by atoms with Crippen molar-refractivity contribution in [3.8, 4) is 22.5 Å². The molecule has 2 atom stereocenters. The van der Waals surface area contributed by atoms with Gasteiger partial charge in [0.05, 0.1) is 5.02 Å². The molecule has 0 aliphatic rings. The maximum atomic E-state index is 12.9. The van der Waals surface area contributed by atoms with Crippen LogP contribution in [-0.4, -0.2) is 39.4 Å². The minimum Gasteiger partial charge on any atom is -0.479 e. The van der Waals surface area contributed by atoms with Gasteiger partial charge >= 0.3 is 5.97 Å². The van der Waals surface area contributed by atoms with Gasteiger partial charge < -0.3 is 20.1 Å². The Morgan fingerprint density at radius 1 is 0.943 bits per heavy atom. The molecule has 0 saturated heterocycles. The molecule has 4 rings (SSSR count). The molecule has 0 unspecified atom stereocenters. The van der Waals surface area contributed by atoms with E-state index in [4.69, 9.17) is 21.2 Å². The number of nitrogens with zero attached hydrogens (tertiary/aromatic N) is 1. The molecule has 35 heavy (non-hydrogen) atoms. The molecule has 1 aromatic heterocycles. The van der Waals surface area contributed by atoms with E-state index < -0.39 is 24.0 Å². The van der Waals surface area contributed by atoms with E-state index in [1.165, 1.54) is 6.07 Å². The van der Waals surface area contributed by atoms with E-state index in [0.717, 1.165) is 16.7 Å². The first-order valence-electron chi connectivity index (χ1n) is 11.0. The number of halogens is 1. The summed E-state index contributed by atoms with van der Waals surface area (Å²) < 4.78 is 5.29. The number of rotatable bonds is 9. The standard InChI is InChI=1S/C27H23ClN2O5/c28-22-9-5-4-8-21(22)25-16-23(30-35-25)26(32)29-20(15-24(31)27(33)34)14-17-10-12-19(13-11-17)18-6-2-1-3-7-18/h1-13,16,20,24,31H,14-15H2,(H,29,32)(H,33,34)/t20-,24-/m1/s1. The lowest BCUT2D eigenvalue weighted by molar-refractivity contribution is -0.147. The fourth-order valence-electron chi connectivity index (χ4n) is 3.74. The number of aliphatic hydroxyl groups is 1. The summed E-state index contributed by atoms with van der Waals surface area (Å²) in [4.78, 5) is 24.1.